The molecule has 1 saturated heterocycles. The minimum Gasteiger partial charge on any atom is -0.462 e. The van der Waals surface area contributed by atoms with Crippen LogP contribution in [0, 0.1) is 23.0 Å². The predicted octanol–water partition coefficient (Wildman–Crippen LogP) is 3.66. The number of benzene rings is 1. The highest BCUT2D eigenvalue weighted by Gasteiger charge is 2.38. The lowest BCUT2D eigenvalue weighted by molar-refractivity contribution is -0.384. The zero-order valence-electron chi connectivity index (χ0n) is 13.8. The van der Waals surface area contributed by atoms with E-state index in [0.29, 0.717) is 24.2 Å². The monoisotopic (exact) mass is 305 g/mol. The topological polar surface area (TPSA) is 68.0 Å². The highest BCUT2D eigenvalue weighted by molar-refractivity contribution is 5.80. The first-order chi connectivity index (χ1) is 10.2. The summed E-state index contributed by atoms with van der Waals surface area (Å²) >= 11 is 0. The van der Waals surface area contributed by atoms with Crippen LogP contribution in [-0.4, -0.2) is 34.5 Å². The van der Waals surface area contributed by atoms with Gasteiger partial charge in [-0.3, -0.25) is 10.1 Å². The summed E-state index contributed by atoms with van der Waals surface area (Å²) in [6, 6.07) is 5.27. The average molecular weight is 305 g/mol. The average Bonchev–Trinajstić information content (AvgIpc) is 2.68. The molecule has 0 spiro atoms. The molecule has 120 valence electrons. The van der Waals surface area contributed by atoms with Crippen LogP contribution in [0.1, 0.15) is 33.3 Å². The molecule has 1 aromatic carbocycles. The molecule has 0 N–H and O–H groups in total. The van der Waals surface area contributed by atoms with Crippen molar-refractivity contribution in [2.75, 3.05) is 13.2 Å². The Kier molecular flexibility index (Phi) is 4.39. The number of aryl methyl sites for hydroxylation is 1. The number of ether oxygens (including phenoxy) is 1. The van der Waals surface area contributed by atoms with Crippen LogP contribution in [-0.2, 0) is 4.74 Å². The normalized spacial score (nSPS) is 18.8. The molecule has 0 aromatic heterocycles. The molecule has 0 amide bonds. The maximum Gasteiger partial charge on any atom is 0.293 e. The molecule has 1 aliphatic rings. The molecule has 22 heavy (non-hydrogen) atoms. The van der Waals surface area contributed by atoms with Crippen molar-refractivity contribution in [3.05, 3.63) is 33.9 Å². The number of non-ortho nitro benzene ring substituents is 1. The van der Waals surface area contributed by atoms with Gasteiger partial charge >= 0.3 is 0 Å². The summed E-state index contributed by atoms with van der Waals surface area (Å²) in [6.07, 6.45) is 0. The fourth-order valence-corrected chi connectivity index (χ4v) is 2.42. The Morgan fingerprint density at radius 2 is 2.14 bits per heavy atom. The molecule has 1 fully saturated rings. The zero-order valence-corrected chi connectivity index (χ0v) is 13.8. The van der Waals surface area contributed by atoms with Crippen molar-refractivity contribution < 1.29 is 9.66 Å². The Labute approximate surface area is 130 Å². The number of amidine groups is 1. The summed E-state index contributed by atoms with van der Waals surface area (Å²) in [4.78, 5) is 17.2. The van der Waals surface area contributed by atoms with E-state index in [2.05, 4.69) is 37.6 Å². The maximum atomic E-state index is 10.8. The van der Waals surface area contributed by atoms with Crippen LogP contribution in [0.4, 0.5) is 11.4 Å². The Morgan fingerprint density at radius 1 is 1.45 bits per heavy atom. The maximum absolute atomic E-state index is 10.8. The van der Waals surface area contributed by atoms with E-state index in [1.165, 1.54) is 12.1 Å². The Morgan fingerprint density at radius 3 is 2.68 bits per heavy atom. The molecule has 6 heteroatoms. The second kappa shape index (κ2) is 5.94. The summed E-state index contributed by atoms with van der Waals surface area (Å²) in [5, 5.41) is 10.8. The number of rotatable bonds is 4. The minimum absolute atomic E-state index is 0.0770. The van der Waals surface area contributed by atoms with E-state index in [4.69, 9.17) is 4.74 Å². The third-order valence-electron chi connectivity index (χ3n) is 3.67. The van der Waals surface area contributed by atoms with E-state index in [9.17, 15) is 10.1 Å². The SMILES string of the molecule is Cc1cc([N+](=O)[O-])ccc1/N=C1\OCC(C)(C)N1CC(C)C. The first-order valence-electron chi connectivity index (χ1n) is 7.45. The van der Waals surface area contributed by atoms with Gasteiger partial charge in [-0.2, -0.15) is 4.99 Å². The van der Waals surface area contributed by atoms with Crippen LogP contribution >= 0.6 is 0 Å². The van der Waals surface area contributed by atoms with Gasteiger partial charge in [-0.15, -0.1) is 0 Å². The number of hydrogen-bond acceptors (Lipinski definition) is 4. The molecule has 0 saturated carbocycles. The van der Waals surface area contributed by atoms with Gasteiger partial charge in [0.1, 0.15) is 6.61 Å². The number of nitro benzene ring substituents is 1. The third kappa shape index (κ3) is 3.37. The van der Waals surface area contributed by atoms with Crippen LogP contribution in [0.15, 0.2) is 23.2 Å². The lowest BCUT2D eigenvalue weighted by Crippen LogP contribution is -2.44. The van der Waals surface area contributed by atoms with E-state index < -0.39 is 4.92 Å². The zero-order chi connectivity index (χ0) is 16.5. The van der Waals surface area contributed by atoms with Crippen molar-refractivity contribution in [2.45, 2.75) is 40.2 Å². The molecule has 0 bridgehead atoms. The standard InChI is InChI=1S/C16H23N3O3/c1-11(2)9-18-15(22-10-16(18,4)5)17-14-7-6-13(19(20)21)8-12(14)3/h6-8,11H,9-10H2,1-5H3/b17-15-. The fraction of sp³-hybridized carbons (Fsp3) is 0.562. The van der Waals surface area contributed by atoms with Crippen molar-refractivity contribution in [1.82, 2.24) is 4.90 Å². The second-order valence-electron chi connectivity index (χ2n) is 6.73. The molecule has 0 unspecified atom stereocenters. The molecule has 0 aliphatic carbocycles. The summed E-state index contributed by atoms with van der Waals surface area (Å²) in [5.41, 5.74) is 1.44. The number of aliphatic imine (C=N–C) groups is 1. The molecule has 0 radical (unpaired) electrons. The summed E-state index contributed by atoms with van der Waals surface area (Å²) < 4.78 is 5.76. The highest BCUT2D eigenvalue weighted by Crippen LogP contribution is 2.29. The van der Waals surface area contributed by atoms with Gasteiger partial charge in [-0.05, 0) is 38.3 Å². The van der Waals surface area contributed by atoms with Gasteiger partial charge in [0, 0.05) is 18.7 Å². The van der Waals surface area contributed by atoms with Gasteiger partial charge in [0.2, 0.25) is 0 Å². The number of nitrogens with zero attached hydrogens (tertiary/aromatic N) is 3. The first-order valence-corrected chi connectivity index (χ1v) is 7.45. The smallest absolute Gasteiger partial charge is 0.293 e. The van der Waals surface area contributed by atoms with Gasteiger partial charge in [0.25, 0.3) is 11.7 Å². The van der Waals surface area contributed by atoms with Gasteiger partial charge < -0.3 is 9.64 Å². The van der Waals surface area contributed by atoms with Crippen LogP contribution in [0.25, 0.3) is 0 Å². The fourth-order valence-electron chi connectivity index (χ4n) is 2.42. The Balaban J connectivity index is 2.33. The van der Waals surface area contributed by atoms with Gasteiger partial charge in [-0.25, -0.2) is 0 Å². The quantitative estimate of drug-likeness (QED) is 0.629. The van der Waals surface area contributed by atoms with Gasteiger partial charge in [-0.1, -0.05) is 13.8 Å². The van der Waals surface area contributed by atoms with E-state index in [0.717, 1.165) is 12.1 Å². The second-order valence-corrected chi connectivity index (χ2v) is 6.73. The van der Waals surface area contributed by atoms with Crippen LogP contribution in [0.5, 0.6) is 0 Å². The predicted molar refractivity (Wildman–Crippen MR) is 86.5 cm³/mol. The van der Waals surface area contributed by atoms with Crippen molar-refractivity contribution >= 4 is 17.4 Å². The first kappa shape index (κ1) is 16.3. The summed E-state index contributed by atoms with van der Waals surface area (Å²) in [6.45, 7) is 11.8. The molecular weight excluding hydrogens is 282 g/mol. The van der Waals surface area contributed by atoms with Gasteiger partial charge in [0.15, 0.2) is 0 Å². The van der Waals surface area contributed by atoms with Crippen molar-refractivity contribution in [3.8, 4) is 0 Å². The number of hydrogen-bond donors (Lipinski definition) is 0. The van der Waals surface area contributed by atoms with Crippen LogP contribution in [0.2, 0.25) is 0 Å². The number of nitro groups is 1. The van der Waals surface area contributed by atoms with E-state index >= 15 is 0 Å². The molecule has 2 rings (SSSR count). The van der Waals surface area contributed by atoms with E-state index in [1.807, 2.05) is 6.92 Å². The summed E-state index contributed by atoms with van der Waals surface area (Å²) in [7, 11) is 0. The summed E-state index contributed by atoms with van der Waals surface area (Å²) in [5.74, 6) is 0.490. The molecule has 0 atom stereocenters. The van der Waals surface area contributed by atoms with E-state index in [-0.39, 0.29) is 11.2 Å². The van der Waals surface area contributed by atoms with Crippen molar-refractivity contribution in [3.63, 3.8) is 0 Å². The molecule has 1 heterocycles. The minimum atomic E-state index is -0.399. The van der Waals surface area contributed by atoms with E-state index in [1.54, 1.807) is 6.07 Å². The van der Waals surface area contributed by atoms with Crippen molar-refractivity contribution in [1.29, 1.82) is 0 Å². The molecule has 1 aromatic rings. The van der Waals surface area contributed by atoms with Crippen LogP contribution in [0.3, 0.4) is 0 Å². The third-order valence-corrected chi connectivity index (χ3v) is 3.67. The Bertz CT molecular complexity index is 609. The highest BCUT2D eigenvalue weighted by atomic mass is 16.6. The van der Waals surface area contributed by atoms with Crippen LogP contribution < -0.4 is 0 Å². The molecule has 6 nitrogen and oxygen atoms in total. The molecular formula is C16H23N3O3. The Hall–Kier alpha value is -2.11. The largest absolute Gasteiger partial charge is 0.462 e. The lowest BCUT2D eigenvalue weighted by Gasteiger charge is -2.31. The van der Waals surface area contributed by atoms with Gasteiger partial charge in [0.05, 0.1) is 16.1 Å². The lowest BCUT2D eigenvalue weighted by atomic mass is 10.0. The van der Waals surface area contributed by atoms with Crippen molar-refractivity contribution in [2.24, 2.45) is 10.9 Å². The molecule has 1 aliphatic heterocycles.